The maximum absolute atomic E-state index is 12.9. The minimum atomic E-state index is -0.809. The van der Waals surface area contributed by atoms with E-state index in [4.69, 9.17) is 14.2 Å². The number of hydrogen-bond donors (Lipinski definition) is 0. The second-order valence-corrected chi connectivity index (χ2v) is 23.0. The zero-order chi connectivity index (χ0) is 58.5. The van der Waals surface area contributed by atoms with Crippen molar-refractivity contribution in [2.45, 2.75) is 348 Å². The van der Waals surface area contributed by atoms with Gasteiger partial charge in [-0.3, -0.25) is 14.4 Å². The van der Waals surface area contributed by atoms with Crippen LogP contribution in [0.4, 0.5) is 0 Å². The van der Waals surface area contributed by atoms with E-state index in [-0.39, 0.29) is 31.1 Å². The molecule has 0 aliphatic rings. The molecule has 0 heterocycles. The molecule has 0 amide bonds. The topological polar surface area (TPSA) is 78.9 Å². The molecule has 0 fully saturated rings. The Bertz CT molecular complexity index is 1580. The van der Waals surface area contributed by atoms with Crippen molar-refractivity contribution in [1.82, 2.24) is 0 Å². The van der Waals surface area contributed by atoms with Gasteiger partial charge in [0.15, 0.2) is 6.10 Å². The molecule has 0 N–H and O–H groups in total. The third-order valence-electron chi connectivity index (χ3n) is 15.1. The SMILES string of the molecule is CC/C=C\C/C=C\C/C=C\C/C=C\CCCCCCC(=O)OC(COC(=O)CCCC/C=C\C/C=C\C/C=C\C/C=C\CC)COC(=O)CCCCCCCCCCCCCCCCCCCCCCCCCCCCCCCCC. The van der Waals surface area contributed by atoms with Crippen LogP contribution >= 0.6 is 0 Å². The van der Waals surface area contributed by atoms with Gasteiger partial charge in [0, 0.05) is 19.3 Å². The molecule has 6 heteroatoms. The number of hydrogen-bond acceptors (Lipinski definition) is 6. The molecule has 6 nitrogen and oxygen atoms in total. The number of esters is 3. The molecule has 466 valence electrons. The summed E-state index contributed by atoms with van der Waals surface area (Å²) in [4.78, 5) is 38.3. The van der Waals surface area contributed by atoms with Gasteiger partial charge in [-0.1, -0.05) is 323 Å². The molecular formula is C75H130O6. The standard InChI is InChI=1S/C75H130O6/c1-4-7-10-13-16-19-22-25-28-30-31-32-33-34-35-36-37-38-39-40-41-42-43-45-47-50-53-56-59-62-65-68-74(77)80-71-72(70-79-73(76)67-64-61-58-55-52-49-46-27-24-21-18-15-12-9-6-3)81-75(78)69-66-63-60-57-54-51-48-44-29-26-23-20-17-14-11-8-5-2/h8-9,11-12,17-18,20-21,26-27,29,46,48,51-52,55,72H,4-7,10,13-16,19,22-25,28,30-45,47,49-50,53-54,56-71H2,1-3H3/b11-8-,12-9-,20-17-,21-18-,29-26-,46-27-,51-48-,55-52-. The Kier molecular flexibility index (Phi) is 65.7. The molecule has 1 atom stereocenters. The minimum absolute atomic E-state index is 0.0990. The summed E-state index contributed by atoms with van der Waals surface area (Å²) in [5, 5.41) is 0. The predicted molar refractivity (Wildman–Crippen MR) is 353 cm³/mol. The average Bonchev–Trinajstić information content (AvgIpc) is 3.47. The van der Waals surface area contributed by atoms with E-state index < -0.39 is 6.10 Å². The summed E-state index contributed by atoms with van der Waals surface area (Å²) in [6.07, 6.45) is 93.2. The molecule has 0 saturated heterocycles. The van der Waals surface area contributed by atoms with Crippen molar-refractivity contribution >= 4 is 17.9 Å². The van der Waals surface area contributed by atoms with Gasteiger partial charge in [0.25, 0.3) is 0 Å². The maximum Gasteiger partial charge on any atom is 0.306 e. The second-order valence-electron chi connectivity index (χ2n) is 23.0. The van der Waals surface area contributed by atoms with Crippen LogP contribution in [0.2, 0.25) is 0 Å². The molecule has 0 rings (SSSR count). The number of ether oxygens (including phenoxy) is 3. The first-order valence-corrected chi connectivity index (χ1v) is 34.7. The van der Waals surface area contributed by atoms with Crippen LogP contribution in [-0.4, -0.2) is 37.2 Å². The Labute approximate surface area is 502 Å². The van der Waals surface area contributed by atoms with E-state index in [1.54, 1.807) is 0 Å². The first-order valence-electron chi connectivity index (χ1n) is 34.7. The van der Waals surface area contributed by atoms with Crippen molar-refractivity contribution in [1.29, 1.82) is 0 Å². The summed E-state index contributed by atoms with van der Waals surface area (Å²) >= 11 is 0. The van der Waals surface area contributed by atoms with E-state index >= 15 is 0 Å². The number of unbranched alkanes of at least 4 members (excludes halogenated alkanes) is 36. The monoisotopic (exact) mass is 1130 g/mol. The molecular weight excluding hydrogens is 997 g/mol. The third kappa shape index (κ3) is 67.0. The summed E-state index contributed by atoms with van der Waals surface area (Å²) in [7, 11) is 0. The van der Waals surface area contributed by atoms with E-state index in [1.807, 2.05) is 0 Å². The lowest BCUT2D eigenvalue weighted by atomic mass is 10.0. The van der Waals surface area contributed by atoms with E-state index in [9.17, 15) is 14.4 Å². The van der Waals surface area contributed by atoms with E-state index in [1.165, 1.54) is 180 Å². The highest BCUT2D eigenvalue weighted by molar-refractivity contribution is 5.71. The summed E-state index contributed by atoms with van der Waals surface area (Å²) in [5.74, 6) is -0.955. The number of carbonyl (C=O) groups is 3. The average molecular weight is 1130 g/mol. The lowest BCUT2D eigenvalue weighted by Crippen LogP contribution is -2.30. The number of carbonyl (C=O) groups excluding carboxylic acids is 3. The van der Waals surface area contributed by atoms with Gasteiger partial charge in [-0.25, -0.2) is 0 Å². The number of allylic oxidation sites excluding steroid dienone is 16. The largest absolute Gasteiger partial charge is 0.462 e. The molecule has 0 radical (unpaired) electrons. The Hall–Kier alpha value is -3.67. The van der Waals surface area contributed by atoms with Crippen molar-refractivity contribution in [2.75, 3.05) is 13.2 Å². The molecule has 0 aromatic heterocycles. The smallest absolute Gasteiger partial charge is 0.306 e. The van der Waals surface area contributed by atoms with Crippen LogP contribution in [0.3, 0.4) is 0 Å². The van der Waals surface area contributed by atoms with Crippen LogP contribution in [0.15, 0.2) is 97.2 Å². The fourth-order valence-corrected chi connectivity index (χ4v) is 9.96. The fourth-order valence-electron chi connectivity index (χ4n) is 9.96. The van der Waals surface area contributed by atoms with Crippen molar-refractivity contribution in [3.8, 4) is 0 Å². The Morgan fingerprint density at radius 1 is 0.259 bits per heavy atom. The van der Waals surface area contributed by atoms with Crippen molar-refractivity contribution in [2.24, 2.45) is 0 Å². The number of rotatable bonds is 63. The van der Waals surface area contributed by atoms with Crippen molar-refractivity contribution in [3.63, 3.8) is 0 Å². The lowest BCUT2D eigenvalue weighted by Gasteiger charge is -2.18. The third-order valence-corrected chi connectivity index (χ3v) is 15.1. The van der Waals surface area contributed by atoms with Gasteiger partial charge in [0.1, 0.15) is 13.2 Å². The normalized spacial score (nSPS) is 12.7. The quantitative estimate of drug-likeness (QED) is 0.0261. The molecule has 0 aromatic rings. The zero-order valence-electron chi connectivity index (χ0n) is 53.5. The Morgan fingerprint density at radius 2 is 0.481 bits per heavy atom. The van der Waals surface area contributed by atoms with Gasteiger partial charge >= 0.3 is 17.9 Å². The molecule has 0 saturated carbocycles. The molecule has 0 aliphatic heterocycles. The highest BCUT2D eigenvalue weighted by Crippen LogP contribution is 2.18. The molecule has 0 spiro atoms. The molecule has 0 aliphatic carbocycles. The maximum atomic E-state index is 12.9. The molecule has 1 unspecified atom stereocenters. The summed E-state index contributed by atoms with van der Waals surface area (Å²) in [5.41, 5.74) is 0. The summed E-state index contributed by atoms with van der Waals surface area (Å²) in [6, 6.07) is 0. The first kappa shape index (κ1) is 77.3. The van der Waals surface area contributed by atoms with Gasteiger partial charge in [-0.2, -0.15) is 0 Å². The van der Waals surface area contributed by atoms with Crippen molar-refractivity contribution in [3.05, 3.63) is 97.2 Å². The first-order chi connectivity index (χ1) is 40.0. The fraction of sp³-hybridized carbons (Fsp3) is 0.747. The van der Waals surface area contributed by atoms with E-state index in [2.05, 4.69) is 118 Å². The second kappa shape index (κ2) is 68.8. The van der Waals surface area contributed by atoms with Crippen molar-refractivity contribution < 1.29 is 28.6 Å². The van der Waals surface area contributed by atoms with Crippen LogP contribution in [-0.2, 0) is 28.6 Å². The predicted octanol–water partition coefficient (Wildman–Crippen LogP) is 24.0. The van der Waals surface area contributed by atoms with Crippen LogP contribution < -0.4 is 0 Å². The van der Waals surface area contributed by atoms with Gasteiger partial charge in [-0.05, 0) is 96.3 Å². The van der Waals surface area contributed by atoms with Crippen LogP contribution in [0, 0.1) is 0 Å². The Morgan fingerprint density at radius 3 is 0.778 bits per heavy atom. The van der Waals surface area contributed by atoms with Crippen LogP contribution in [0.5, 0.6) is 0 Å². The molecule has 0 bridgehead atoms. The van der Waals surface area contributed by atoms with Gasteiger partial charge < -0.3 is 14.2 Å². The Balaban J connectivity index is 4.24. The molecule has 0 aromatic carbocycles. The minimum Gasteiger partial charge on any atom is -0.462 e. The van der Waals surface area contributed by atoms with Crippen LogP contribution in [0.1, 0.15) is 342 Å². The molecule has 81 heavy (non-hydrogen) atoms. The highest BCUT2D eigenvalue weighted by Gasteiger charge is 2.19. The lowest BCUT2D eigenvalue weighted by molar-refractivity contribution is -0.167. The summed E-state index contributed by atoms with van der Waals surface area (Å²) in [6.45, 7) is 6.40. The van der Waals surface area contributed by atoms with E-state index in [0.717, 1.165) is 122 Å². The van der Waals surface area contributed by atoms with Gasteiger partial charge in [0.2, 0.25) is 0 Å². The summed E-state index contributed by atoms with van der Waals surface area (Å²) < 4.78 is 16.9. The zero-order valence-corrected chi connectivity index (χ0v) is 53.5. The van der Waals surface area contributed by atoms with Gasteiger partial charge in [-0.15, -0.1) is 0 Å². The van der Waals surface area contributed by atoms with E-state index in [0.29, 0.717) is 19.3 Å². The highest BCUT2D eigenvalue weighted by atomic mass is 16.6. The van der Waals surface area contributed by atoms with Crippen LogP contribution in [0.25, 0.3) is 0 Å². The van der Waals surface area contributed by atoms with Gasteiger partial charge in [0.05, 0.1) is 0 Å².